The lowest BCUT2D eigenvalue weighted by molar-refractivity contribution is -0.138. The van der Waals surface area contributed by atoms with E-state index in [2.05, 4.69) is 0 Å². The number of hydrogen-bond donors (Lipinski definition) is 1. The van der Waals surface area contributed by atoms with Crippen LogP contribution in [0.5, 0.6) is 0 Å². The average molecular weight is 202 g/mol. The van der Waals surface area contributed by atoms with Crippen molar-refractivity contribution in [3.63, 3.8) is 0 Å². The van der Waals surface area contributed by atoms with E-state index in [1.807, 2.05) is 11.8 Å². The van der Waals surface area contributed by atoms with Crippen LogP contribution in [0.2, 0.25) is 0 Å². The zero-order chi connectivity index (χ0) is 9.31. The van der Waals surface area contributed by atoms with E-state index in [1.165, 1.54) is 0 Å². The molecule has 2 aliphatic rings. The normalized spacial score (nSPS) is 31.2. The van der Waals surface area contributed by atoms with Gasteiger partial charge in [0, 0.05) is 6.42 Å². The first-order valence-electron chi connectivity index (χ1n) is 4.64. The molecule has 1 unspecified atom stereocenters. The van der Waals surface area contributed by atoms with Crippen molar-refractivity contribution in [2.75, 3.05) is 19.0 Å². The molecule has 0 amide bonds. The first kappa shape index (κ1) is 9.34. The second kappa shape index (κ2) is 3.50. The van der Waals surface area contributed by atoms with Gasteiger partial charge in [0.05, 0.1) is 18.0 Å². The molecule has 13 heavy (non-hydrogen) atoms. The van der Waals surface area contributed by atoms with Crippen molar-refractivity contribution >= 4 is 17.7 Å². The highest BCUT2D eigenvalue weighted by molar-refractivity contribution is 8.00. The van der Waals surface area contributed by atoms with Crippen molar-refractivity contribution in [3.05, 3.63) is 0 Å². The molecule has 1 atom stereocenters. The lowest BCUT2D eigenvalue weighted by Crippen LogP contribution is -2.50. The Kier molecular flexibility index (Phi) is 2.51. The van der Waals surface area contributed by atoms with E-state index >= 15 is 0 Å². The van der Waals surface area contributed by atoms with Gasteiger partial charge in [0.25, 0.3) is 0 Å². The molecular weight excluding hydrogens is 188 g/mol. The van der Waals surface area contributed by atoms with Crippen molar-refractivity contribution in [1.29, 1.82) is 0 Å². The fourth-order valence-electron chi connectivity index (χ4n) is 2.08. The molecule has 2 fully saturated rings. The molecule has 2 saturated heterocycles. The van der Waals surface area contributed by atoms with Crippen LogP contribution in [0.4, 0.5) is 0 Å². The summed E-state index contributed by atoms with van der Waals surface area (Å²) in [6.07, 6.45) is 2.42. The van der Waals surface area contributed by atoms with Crippen LogP contribution >= 0.6 is 11.8 Å². The standard InChI is InChI=1S/C9H14O3S/c10-8(11)3-7-1-2-13-9(4-7)5-12-6-9/h7H,1-6H2,(H,10,11). The summed E-state index contributed by atoms with van der Waals surface area (Å²) in [7, 11) is 0. The van der Waals surface area contributed by atoms with Crippen LogP contribution in [-0.2, 0) is 9.53 Å². The third kappa shape index (κ3) is 1.99. The summed E-state index contributed by atoms with van der Waals surface area (Å²) in [5, 5.41) is 8.69. The van der Waals surface area contributed by atoms with E-state index in [4.69, 9.17) is 9.84 Å². The minimum atomic E-state index is -0.660. The Balaban J connectivity index is 1.88. The van der Waals surface area contributed by atoms with Crippen LogP contribution in [0.15, 0.2) is 0 Å². The lowest BCUT2D eigenvalue weighted by Gasteiger charge is -2.46. The average Bonchev–Trinajstić information content (AvgIpc) is 2.01. The van der Waals surface area contributed by atoms with Gasteiger partial charge < -0.3 is 9.84 Å². The molecule has 74 valence electrons. The molecule has 1 N–H and O–H groups in total. The Hall–Kier alpha value is -0.220. The molecule has 4 heteroatoms. The highest BCUT2D eigenvalue weighted by atomic mass is 32.2. The summed E-state index contributed by atoms with van der Waals surface area (Å²) in [5.41, 5.74) is 0. The number of carboxylic acid groups (broad SMARTS) is 1. The maximum Gasteiger partial charge on any atom is 0.303 e. The van der Waals surface area contributed by atoms with Crippen LogP contribution < -0.4 is 0 Å². The first-order valence-corrected chi connectivity index (χ1v) is 5.62. The zero-order valence-corrected chi connectivity index (χ0v) is 8.31. The van der Waals surface area contributed by atoms with E-state index in [0.29, 0.717) is 17.1 Å². The maximum absolute atomic E-state index is 10.5. The first-order chi connectivity index (χ1) is 6.20. The molecule has 0 radical (unpaired) electrons. The molecule has 3 nitrogen and oxygen atoms in total. The number of rotatable bonds is 2. The molecular formula is C9H14O3S. The second-order valence-electron chi connectivity index (χ2n) is 3.98. The zero-order valence-electron chi connectivity index (χ0n) is 7.49. The molecule has 2 aliphatic heterocycles. The number of carboxylic acids is 1. The minimum absolute atomic E-state index is 0.290. The van der Waals surface area contributed by atoms with Gasteiger partial charge in [-0.25, -0.2) is 0 Å². The second-order valence-corrected chi connectivity index (χ2v) is 5.54. The molecule has 0 aromatic heterocycles. The fraction of sp³-hybridized carbons (Fsp3) is 0.889. The van der Waals surface area contributed by atoms with Crippen molar-refractivity contribution < 1.29 is 14.6 Å². The predicted molar refractivity (Wildman–Crippen MR) is 51.0 cm³/mol. The van der Waals surface area contributed by atoms with E-state index in [1.54, 1.807) is 0 Å². The van der Waals surface area contributed by atoms with Gasteiger partial charge in [0.15, 0.2) is 0 Å². The summed E-state index contributed by atoms with van der Waals surface area (Å²) in [5.74, 6) is 0.816. The van der Waals surface area contributed by atoms with Gasteiger partial charge in [-0.1, -0.05) is 0 Å². The Morgan fingerprint density at radius 1 is 1.62 bits per heavy atom. The Morgan fingerprint density at radius 3 is 2.92 bits per heavy atom. The molecule has 1 spiro atoms. The monoisotopic (exact) mass is 202 g/mol. The largest absolute Gasteiger partial charge is 0.481 e. The topological polar surface area (TPSA) is 46.5 Å². The van der Waals surface area contributed by atoms with Gasteiger partial charge in [-0.2, -0.15) is 11.8 Å². The van der Waals surface area contributed by atoms with E-state index in [0.717, 1.165) is 31.8 Å². The van der Waals surface area contributed by atoms with Crippen molar-refractivity contribution in [2.45, 2.75) is 24.0 Å². The minimum Gasteiger partial charge on any atom is -0.481 e. The highest BCUT2D eigenvalue weighted by Crippen LogP contribution is 2.45. The van der Waals surface area contributed by atoms with E-state index in [-0.39, 0.29) is 0 Å². The third-order valence-electron chi connectivity index (χ3n) is 2.79. The van der Waals surface area contributed by atoms with Crippen LogP contribution in [0.25, 0.3) is 0 Å². The van der Waals surface area contributed by atoms with Gasteiger partial charge in [0.2, 0.25) is 0 Å². The maximum atomic E-state index is 10.5. The molecule has 0 aliphatic carbocycles. The number of thioether (sulfide) groups is 1. The third-order valence-corrected chi connectivity index (χ3v) is 4.24. The highest BCUT2D eigenvalue weighted by Gasteiger charge is 2.43. The number of hydrogen-bond acceptors (Lipinski definition) is 3. The smallest absolute Gasteiger partial charge is 0.303 e. The summed E-state index contributed by atoms with van der Waals surface area (Å²) < 4.78 is 5.49. The predicted octanol–water partition coefficient (Wildman–Crippen LogP) is 1.37. The molecule has 0 bridgehead atoms. The van der Waals surface area contributed by atoms with Crippen molar-refractivity contribution in [2.24, 2.45) is 5.92 Å². The van der Waals surface area contributed by atoms with E-state index < -0.39 is 5.97 Å². The van der Waals surface area contributed by atoms with Crippen LogP contribution in [0.3, 0.4) is 0 Å². The van der Waals surface area contributed by atoms with Gasteiger partial charge in [-0.05, 0) is 24.5 Å². The number of ether oxygens (including phenoxy) is 1. The summed E-state index contributed by atoms with van der Waals surface area (Å²) >= 11 is 1.97. The van der Waals surface area contributed by atoms with Gasteiger partial charge >= 0.3 is 5.97 Å². The Morgan fingerprint density at radius 2 is 2.38 bits per heavy atom. The number of carbonyl (C=O) groups is 1. The van der Waals surface area contributed by atoms with Crippen LogP contribution in [-0.4, -0.2) is 34.8 Å². The van der Waals surface area contributed by atoms with Gasteiger partial charge in [-0.3, -0.25) is 4.79 Å². The van der Waals surface area contributed by atoms with E-state index in [9.17, 15) is 4.79 Å². The van der Waals surface area contributed by atoms with Gasteiger partial charge in [-0.15, -0.1) is 0 Å². The lowest BCUT2D eigenvalue weighted by atomic mass is 9.87. The SMILES string of the molecule is O=C(O)CC1CCSC2(COC2)C1. The van der Waals surface area contributed by atoms with Crippen LogP contribution in [0.1, 0.15) is 19.3 Å². The molecule has 0 saturated carbocycles. The Bertz CT molecular complexity index is 213. The molecule has 2 heterocycles. The van der Waals surface area contributed by atoms with Crippen molar-refractivity contribution in [3.8, 4) is 0 Å². The molecule has 0 aromatic rings. The number of aliphatic carboxylic acids is 1. The quantitative estimate of drug-likeness (QED) is 0.734. The molecule has 2 rings (SSSR count). The summed E-state index contributed by atoms with van der Waals surface area (Å²) in [6.45, 7) is 1.65. The van der Waals surface area contributed by atoms with Gasteiger partial charge in [0.1, 0.15) is 0 Å². The molecule has 0 aromatic carbocycles. The van der Waals surface area contributed by atoms with Crippen molar-refractivity contribution in [1.82, 2.24) is 0 Å². The van der Waals surface area contributed by atoms with Crippen LogP contribution in [0, 0.1) is 5.92 Å². The summed E-state index contributed by atoms with van der Waals surface area (Å²) in [4.78, 5) is 10.5. The summed E-state index contributed by atoms with van der Waals surface area (Å²) in [6, 6.07) is 0. The fourth-order valence-corrected chi connectivity index (χ4v) is 3.65. The Labute approximate surface area is 81.8 Å².